The molecule has 0 radical (unpaired) electrons. The van der Waals surface area contributed by atoms with Crippen molar-refractivity contribution in [1.29, 1.82) is 0 Å². The van der Waals surface area contributed by atoms with E-state index in [0.717, 1.165) is 16.0 Å². The molecule has 6 heteroatoms. The fourth-order valence-electron chi connectivity index (χ4n) is 1.65. The highest BCUT2D eigenvalue weighted by atomic mass is 32.2. The first kappa shape index (κ1) is 15.0. The van der Waals surface area contributed by atoms with Gasteiger partial charge in [-0.3, -0.25) is 0 Å². The summed E-state index contributed by atoms with van der Waals surface area (Å²) in [7, 11) is -3.21. The van der Waals surface area contributed by atoms with Crippen LogP contribution in [-0.4, -0.2) is 19.8 Å². The van der Waals surface area contributed by atoms with Gasteiger partial charge in [0.1, 0.15) is 5.82 Å². The van der Waals surface area contributed by atoms with E-state index in [-0.39, 0.29) is 11.5 Å². The number of hydrogen-bond donors (Lipinski definition) is 1. The van der Waals surface area contributed by atoms with E-state index in [9.17, 15) is 17.9 Å². The van der Waals surface area contributed by atoms with Gasteiger partial charge < -0.3 is 5.11 Å². The molecule has 20 heavy (non-hydrogen) atoms. The minimum Gasteiger partial charge on any atom is -0.392 e. The van der Waals surface area contributed by atoms with Crippen LogP contribution in [0.5, 0.6) is 0 Å². The molecule has 0 aliphatic heterocycles. The van der Waals surface area contributed by atoms with Crippen molar-refractivity contribution < 1.29 is 17.9 Å². The highest BCUT2D eigenvalue weighted by Gasteiger charge is 2.08. The molecular formula is C14H13FO3S2. The highest BCUT2D eigenvalue weighted by Crippen LogP contribution is 2.31. The lowest BCUT2D eigenvalue weighted by atomic mass is 10.2. The Morgan fingerprint density at radius 2 is 1.80 bits per heavy atom. The zero-order chi connectivity index (χ0) is 14.8. The van der Waals surface area contributed by atoms with E-state index >= 15 is 0 Å². The van der Waals surface area contributed by atoms with Crippen LogP contribution in [0.1, 0.15) is 5.56 Å². The highest BCUT2D eigenvalue weighted by molar-refractivity contribution is 7.99. The van der Waals surface area contributed by atoms with Gasteiger partial charge in [-0.15, -0.1) is 0 Å². The summed E-state index contributed by atoms with van der Waals surface area (Å²) in [5.74, 6) is -0.397. The summed E-state index contributed by atoms with van der Waals surface area (Å²) >= 11 is 1.35. The average molecular weight is 312 g/mol. The van der Waals surface area contributed by atoms with Gasteiger partial charge in [-0.25, -0.2) is 12.8 Å². The number of halogens is 1. The Labute approximate surface area is 121 Å². The minimum absolute atomic E-state index is 0.248. The molecule has 0 aliphatic carbocycles. The monoisotopic (exact) mass is 312 g/mol. The summed E-state index contributed by atoms with van der Waals surface area (Å²) in [5.41, 5.74) is 0.502. The first-order chi connectivity index (χ1) is 9.40. The largest absolute Gasteiger partial charge is 0.392 e. The lowest BCUT2D eigenvalue weighted by Crippen LogP contribution is -1.96. The summed E-state index contributed by atoms with van der Waals surface area (Å²) in [6.45, 7) is -0.248. The molecule has 2 rings (SSSR count). The van der Waals surface area contributed by atoms with Crippen molar-refractivity contribution in [3.63, 3.8) is 0 Å². The predicted molar refractivity (Wildman–Crippen MR) is 76.0 cm³/mol. The molecule has 0 bridgehead atoms. The third-order valence-electron chi connectivity index (χ3n) is 2.67. The van der Waals surface area contributed by atoms with Crippen LogP contribution in [0, 0.1) is 5.82 Å². The van der Waals surface area contributed by atoms with Crippen molar-refractivity contribution in [3.8, 4) is 0 Å². The van der Waals surface area contributed by atoms with E-state index in [2.05, 4.69) is 0 Å². The number of sulfone groups is 1. The van der Waals surface area contributed by atoms with Crippen LogP contribution in [0.25, 0.3) is 0 Å². The molecule has 0 fully saturated rings. The van der Waals surface area contributed by atoms with Crippen molar-refractivity contribution in [2.24, 2.45) is 0 Å². The van der Waals surface area contributed by atoms with Crippen LogP contribution in [0.4, 0.5) is 4.39 Å². The molecular weight excluding hydrogens is 299 g/mol. The maximum Gasteiger partial charge on any atom is 0.175 e. The Kier molecular flexibility index (Phi) is 4.47. The molecule has 106 valence electrons. The molecule has 1 N–H and O–H groups in total. The molecule has 0 saturated carbocycles. The van der Waals surface area contributed by atoms with Crippen LogP contribution in [-0.2, 0) is 16.4 Å². The Morgan fingerprint density at radius 3 is 2.35 bits per heavy atom. The number of aliphatic hydroxyl groups excluding tert-OH is 1. The van der Waals surface area contributed by atoms with Gasteiger partial charge in [-0.2, -0.15) is 0 Å². The van der Waals surface area contributed by atoms with Crippen molar-refractivity contribution in [2.45, 2.75) is 21.3 Å². The zero-order valence-corrected chi connectivity index (χ0v) is 12.3. The Hall–Kier alpha value is -1.37. The first-order valence-electron chi connectivity index (χ1n) is 5.77. The molecule has 0 amide bonds. The number of aliphatic hydroxyl groups is 1. The van der Waals surface area contributed by atoms with Crippen LogP contribution >= 0.6 is 11.8 Å². The number of benzene rings is 2. The van der Waals surface area contributed by atoms with Gasteiger partial charge in [0.05, 0.1) is 11.5 Å². The lowest BCUT2D eigenvalue weighted by molar-refractivity contribution is 0.278. The molecule has 0 atom stereocenters. The maximum atomic E-state index is 13.1. The first-order valence-corrected chi connectivity index (χ1v) is 8.48. The van der Waals surface area contributed by atoms with Crippen LogP contribution in [0.2, 0.25) is 0 Å². The molecule has 2 aromatic rings. The third kappa shape index (κ3) is 3.59. The van der Waals surface area contributed by atoms with Gasteiger partial charge in [0.2, 0.25) is 0 Å². The second-order valence-electron chi connectivity index (χ2n) is 4.26. The van der Waals surface area contributed by atoms with Gasteiger partial charge >= 0.3 is 0 Å². The zero-order valence-electron chi connectivity index (χ0n) is 10.7. The van der Waals surface area contributed by atoms with E-state index in [4.69, 9.17) is 0 Å². The Morgan fingerprint density at radius 1 is 1.15 bits per heavy atom. The molecule has 0 aliphatic rings. The molecule has 2 aromatic carbocycles. The standard InChI is InChI=1S/C14H13FO3S2/c1-20(17,18)13-5-3-12(4-6-13)19-14-7-2-11(15)8-10(14)9-16/h2-8,16H,9H2,1H3. The normalized spacial score (nSPS) is 11.6. The van der Waals surface area contributed by atoms with Crippen LogP contribution in [0.15, 0.2) is 57.2 Å². The van der Waals surface area contributed by atoms with Gasteiger partial charge in [0.15, 0.2) is 9.84 Å². The van der Waals surface area contributed by atoms with Crippen molar-refractivity contribution in [1.82, 2.24) is 0 Å². The Balaban J connectivity index is 2.27. The fourth-order valence-corrected chi connectivity index (χ4v) is 3.20. The second kappa shape index (κ2) is 5.95. The minimum atomic E-state index is -3.21. The van der Waals surface area contributed by atoms with Crippen molar-refractivity contribution in [3.05, 3.63) is 53.8 Å². The predicted octanol–water partition coefficient (Wildman–Crippen LogP) is 2.87. The van der Waals surface area contributed by atoms with Gasteiger partial charge in [0.25, 0.3) is 0 Å². The molecule has 0 aromatic heterocycles. The number of rotatable bonds is 4. The molecule has 0 unspecified atom stereocenters. The lowest BCUT2D eigenvalue weighted by Gasteiger charge is -2.07. The molecule has 3 nitrogen and oxygen atoms in total. The molecule has 0 spiro atoms. The summed E-state index contributed by atoms with van der Waals surface area (Å²) < 4.78 is 35.8. The smallest absolute Gasteiger partial charge is 0.175 e. The van der Waals surface area contributed by atoms with E-state index in [1.807, 2.05) is 0 Å². The summed E-state index contributed by atoms with van der Waals surface area (Å²) in [6, 6.07) is 10.6. The van der Waals surface area contributed by atoms with E-state index < -0.39 is 15.7 Å². The van der Waals surface area contributed by atoms with E-state index in [1.165, 1.54) is 36.0 Å². The van der Waals surface area contributed by atoms with Gasteiger partial charge in [-0.1, -0.05) is 11.8 Å². The second-order valence-corrected chi connectivity index (χ2v) is 7.39. The summed E-state index contributed by atoms with van der Waals surface area (Å²) in [4.78, 5) is 1.81. The van der Waals surface area contributed by atoms with Crippen LogP contribution < -0.4 is 0 Å². The SMILES string of the molecule is CS(=O)(=O)c1ccc(Sc2ccc(F)cc2CO)cc1. The Bertz CT molecular complexity index is 710. The molecule has 0 heterocycles. The topological polar surface area (TPSA) is 54.4 Å². The van der Waals surface area contributed by atoms with E-state index in [1.54, 1.807) is 18.2 Å². The number of hydrogen-bond acceptors (Lipinski definition) is 4. The van der Waals surface area contributed by atoms with Gasteiger partial charge in [0, 0.05) is 16.0 Å². The summed E-state index contributed by atoms with van der Waals surface area (Å²) in [5, 5.41) is 9.21. The van der Waals surface area contributed by atoms with Crippen LogP contribution in [0.3, 0.4) is 0 Å². The maximum absolute atomic E-state index is 13.1. The van der Waals surface area contributed by atoms with Crippen molar-refractivity contribution >= 4 is 21.6 Å². The van der Waals surface area contributed by atoms with Crippen molar-refractivity contribution in [2.75, 3.05) is 6.26 Å². The third-order valence-corrected chi connectivity index (χ3v) is 4.93. The van der Waals surface area contributed by atoms with Gasteiger partial charge in [-0.05, 0) is 48.0 Å². The fraction of sp³-hybridized carbons (Fsp3) is 0.143. The molecule has 0 saturated heterocycles. The summed E-state index contributed by atoms with van der Waals surface area (Å²) in [6.07, 6.45) is 1.15. The average Bonchev–Trinajstić information content (AvgIpc) is 2.40. The van der Waals surface area contributed by atoms with E-state index in [0.29, 0.717) is 5.56 Å². The quantitative estimate of drug-likeness (QED) is 0.943.